The van der Waals surface area contributed by atoms with Gasteiger partial charge in [0.25, 0.3) is 0 Å². The summed E-state index contributed by atoms with van der Waals surface area (Å²) >= 11 is 0. The van der Waals surface area contributed by atoms with Crippen LogP contribution in [0.3, 0.4) is 0 Å². The second-order valence-electron chi connectivity index (χ2n) is 6.13. The van der Waals surface area contributed by atoms with Crippen LogP contribution in [0.25, 0.3) is 0 Å². The Labute approximate surface area is 76.1 Å². The first-order valence-corrected chi connectivity index (χ1v) is 5.11. The molecule has 1 saturated carbocycles. The van der Waals surface area contributed by atoms with E-state index in [9.17, 15) is 0 Å². The van der Waals surface area contributed by atoms with Gasteiger partial charge in [-0.15, -0.1) is 0 Å². The number of rotatable bonds is 0. The average molecular weight is 167 g/mol. The molecule has 0 unspecified atom stereocenters. The van der Waals surface area contributed by atoms with E-state index in [0.717, 1.165) is 6.04 Å². The SMILES string of the molecule is CN1C[C@]2(C)C[C@H]1CC(C)(C)C2. The monoisotopic (exact) mass is 167 g/mol. The summed E-state index contributed by atoms with van der Waals surface area (Å²) in [5.41, 5.74) is 1.21. The number of likely N-dealkylation sites (tertiary alicyclic amines) is 1. The van der Waals surface area contributed by atoms with Crippen molar-refractivity contribution in [3.05, 3.63) is 0 Å². The van der Waals surface area contributed by atoms with Crippen LogP contribution in [-0.2, 0) is 0 Å². The summed E-state index contributed by atoms with van der Waals surface area (Å²) < 4.78 is 0. The molecule has 1 saturated heterocycles. The minimum atomic E-state index is 0.586. The third-order valence-electron chi connectivity index (χ3n) is 3.68. The highest BCUT2D eigenvalue weighted by molar-refractivity contribution is 5.01. The lowest BCUT2D eigenvalue weighted by molar-refractivity contribution is 0.130. The summed E-state index contributed by atoms with van der Waals surface area (Å²) in [6, 6.07) is 0.874. The molecule has 0 aromatic carbocycles. The standard InChI is InChI=1S/C11H21N/c1-10(2)5-9-6-11(3,7-10)8-12(9)4/h9H,5-8H2,1-4H3/t9-,11-/m1/s1. The Morgan fingerprint density at radius 3 is 2.42 bits per heavy atom. The Morgan fingerprint density at radius 1 is 1.17 bits per heavy atom. The largest absolute Gasteiger partial charge is 0.303 e. The van der Waals surface area contributed by atoms with Gasteiger partial charge in [0, 0.05) is 12.6 Å². The maximum atomic E-state index is 2.56. The lowest BCUT2D eigenvalue weighted by Crippen LogP contribution is -2.33. The molecule has 2 fully saturated rings. The van der Waals surface area contributed by atoms with Gasteiger partial charge in [-0.25, -0.2) is 0 Å². The predicted molar refractivity (Wildman–Crippen MR) is 52.2 cm³/mol. The Kier molecular flexibility index (Phi) is 1.61. The third-order valence-corrected chi connectivity index (χ3v) is 3.68. The zero-order valence-corrected chi connectivity index (χ0v) is 8.85. The van der Waals surface area contributed by atoms with E-state index in [1.807, 2.05) is 0 Å². The Balaban J connectivity index is 2.22. The smallest absolute Gasteiger partial charge is 0.0103 e. The fraction of sp³-hybridized carbons (Fsp3) is 1.00. The highest BCUT2D eigenvalue weighted by Crippen LogP contribution is 2.51. The van der Waals surface area contributed by atoms with E-state index in [4.69, 9.17) is 0 Å². The van der Waals surface area contributed by atoms with E-state index in [2.05, 4.69) is 32.7 Å². The average Bonchev–Trinajstić information content (AvgIpc) is 1.99. The molecule has 1 aliphatic heterocycles. The zero-order chi connectivity index (χ0) is 8.98. The van der Waals surface area contributed by atoms with Crippen molar-refractivity contribution in [3.63, 3.8) is 0 Å². The molecule has 12 heavy (non-hydrogen) atoms. The Hall–Kier alpha value is -0.0400. The van der Waals surface area contributed by atoms with Crippen molar-refractivity contribution in [2.24, 2.45) is 10.8 Å². The van der Waals surface area contributed by atoms with Gasteiger partial charge in [-0.2, -0.15) is 0 Å². The molecule has 1 nitrogen and oxygen atoms in total. The second-order valence-corrected chi connectivity index (χ2v) is 6.13. The van der Waals surface area contributed by atoms with Crippen molar-refractivity contribution in [1.29, 1.82) is 0 Å². The molecule has 0 aromatic heterocycles. The van der Waals surface area contributed by atoms with Crippen molar-refractivity contribution in [2.75, 3.05) is 13.6 Å². The molecule has 1 aliphatic carbocycles. The van der Waals surface area contributed by atoms with Gasteiger partial charge in [-0.05, 0) is 37.1 Å². The first kappa shape index (κ1) is 8.55. The zero-order valence-electron chi connectivity index (χ0n) is 8.85. The minimum Gasteiger partial charge on any atom is -0.303 e. The molecular formula is C11H21N. The quantitative estimate of drug-likeness (QED) is 0.536. The molecule has 70 valence electrons. The van der Waals surface area contributed by atoms with E-state index >= 15 is 0 Å². The minimum absolute atomic E-state index is 0.586. The number of hydrogen-bond donors (Lipinski definition) is 0. The van der Waals surface area contributed by atoms with Crippen LogP contribution in [0.1, 0.15) is 40.0 Å². The molecule has 1 heteroatoms. The van der Waals surface area contributed by atoms with Crippen molar-refractivity contribution in [1.82, 2.24) is 4.90 Å². The van der Waals surface area contributed by atoms with Gasteiger partial charge in [-0.3, -0.25) is 0 Å². The van der Waals surface area contributed by atoms with Crippen LogP contribution in [0.4, 0.5) is 0 Å². The van der Waals surface area contributed by atoms with Crippen LogP contribution < -0.4 is 0 Å². The number of nitrogens with zero attached hydrogens (tertiary/aromatic N) is 1. The highest BCUT2D eigenvalue weighted by Gasteiger charge is 2.48. The van der Waals surface area contributed by atoms with Crippen LogP contribution >= 0.6 is 0 Å². The molecule has 1 heterocycles. The fourth-order valence-electron chi connectivity index (χ4n) is 3.74. The molecule has 2 aliphatic rings. The first-order chi connectivity index (χ1) is 5.40. The van der Waals surface area contributed by atoms with Gasteiger partial charge in [0.15, 0.2) is 0 Å². The number of hydrogen-bond acceptors (Lipinski definition) is 1. The van der Waals surface area contributed by atoms with Crippen LogP contribution in [-0.4, -0.2) is 24.5 Å². The van der Waals surface area contributed by atoms with E-state index in [1.54, 1.807) is 0 Å². The Bertz CT molecular complexity index is 193. The molecular weight excluding hydrogens is 146 g/mol. The summed E-state index contributed by atoms with van der Waals surface area (Å²) in [4.78, 5) is 2.56. The van der Waals surface area contributed by atoms with Crippen molar-refractivity contribution >= 4 is 0 Å². The maximum absolute atomic E-state index is 2.56. The lowest BCUT2D eigenvalue weighted by atomic mass is 9.65. The number of fused-ring (bicyclic) bond motifs is 2. The van der Waals surface area contributed by atoms with Gasteiger partial charge < -0.3 is 4.90 Å². The molecule has 0 amide bonds. The van der Waals surface area contributed by atoms with E-state index in [-0.39, 0.29) is 0 Å². The first-order valence-electron chi connectivity index (χ1n) is 5.11. The van der Waals surface area contributed by atoms with Crippen molar-refractivity contribution in [2.45, 2.75) is 46.1 Å². The normalized spacial score (nSPS) is 46.5. The summed E-state index contributed by atoms with van der Waals surface area (Å²) in [5, 5.41) is 0. The van der Waals surface area contributed by atoms with Gasteiger partial charge in [0.2, 0.25) is 0 Å². The molecule has 0 aromatic rings. The van der Waals surface area contributed by atoms with Crippen LogP contribution in [0, 0.1) is 10.8 Å². The summed E-state index contributed by atoms with van der Waals surface area (Å²) in [6.07, 6.45) is 4.26. The summed E-state index contributed by atoms with van der Waals surface area (Å²) in [7, 11) is 2.29. The van der Waals surface area contributed by atoms with Crippen molar-refractivity contribution in [3.8, 4) is 0 Å². The fourth-order valence-corrected chi connectivity index (χ4v) is 3.74. The van der Waals surface area contributed by atoms with Gasteiger partial charge in [-0.1, -0.05) is 20.8 Å². The predicted octanol–water partition coefficient (Wildman–Crippen LogP) is 2.52. The second kappa shape index (κ2) is 2.25. The van der Waals surface area contributed by atoms with Gasteiger partial charge >= 0.3 is 0 Å². The third kappa shape index (κ3) is 1.28. The topological polar surface area (TPSA) is 3.24 Å². The van der Waals surface area contributed by atoms with E-state index < -0.39 is 0 Å². The summed E-state index contributed by atoms with van der Waals surface area (Å²) in [5.74, 6) is 0. The summed E-state index contributed by atoms with van der Waals surface area (Å²) in [6.45, 7) is 8.64. The molecule has 2 bridgehead atoms. The highest BCUT2D eigenvalue weighted by atomic mass is 15.2. The molecule has 2 atom stereocenters. The maximum Gasteiger partial charge on any atom is 0.0103 e. The van der Waals surface area contributed by atoms with Gasteiger partial charge in [0.05, 0.1) is 0 Å². The van der Waals surface area contributed by atoms with E-state index in [1.165, 1.54) is 25.8 Å². The molecule has 0 spiro atoms. The van der Waals surface area contributed by atoms with Crippen LogP contribution in [0.15, 0.2) is 0 Å². The lowest BCUT2D eigenvalue weighted by Gasteiger charge is -2.39. The van der Waals surface area contributed by atoms with E-state index in [0.29, 0.717) is 10.8 Å². The molecule has 0 radical (unpaired) electrons. The van der Waals surface area contributed by atoms with Crippen LogP contribution in [0.2, 0.25) is 0 Å². The Morgan fingerprint density at radius 2 is 1.83 bits per heavy atom. The molecule has 2 rings (SSSR count). The van der Waals surface area contributed by atoms with Gasteiger partial charge in [0.1, 0.15) is 0 Å². The van der Waals surface area contributed by atoms with Crippen molar-refractivity contribution < 1.29 is 0 Å². The molecule has 0 N–H and O–H groups in total. The van der Waals surface area contributed by atoms with Crippen LogP contribution in [0.5, 0.6) is 0 Å².